The van der Waals surface area contributed by atoms with Gasteiger partial charge in [-0.25, -0.2) is 8.42 Å². The SMILES string of the molecule is CCC(C(=O)NC1CCCC1)N(Cc1ccc(Cl)cc1Cl)C(=O)CN(c1cc(Cl)ccc1OC)S(=O)(=O)c1ccc(C)cc1. The molecule has 236 valence electrons. The van der Waals surface area contributed by atoms with Crippen molar-refractivity contribution in [3.63, 3.8) is 0 Å². The van der Waals surface area contributed by atoms with Crippen molar-refractivity contribution >= 4 is 62.3 Å². The second-order valence-corrected chi connectivity index (χ2v) is 14.0. The van der Waals surface area contributed by atoms with Crippen molar-refractivity contribution < 1.29 is 22.7 Å². The Hall–Kier alpha value is -2.98. The fourth-order valence-corrected chi connectivity index (χ4v) is 7.38. The number of rotatable bonds is 12. The first-order valence-electron chi connectivity index (χ1n) is 14.4. The van der Waals surface area contributed by atoms with Gasteiger partial charge in [0.1, 0.15) is 18.3 Å². The Balaban J connectivity index is 1.78. The van der Waals surface area contributed by atoms with Gasteiger partial charge in [-0.1, -0.05) is 78.3 Å². The maximum Gasteiger partial charge on any atom is 0.264 e. The van der Waals surface area contributed by atoms with E-state index in [2.05, 4.69) is 5.32 Å². The van der Waals surface area contributed by atoms with E-state index in [1.54, 1.807) is 36.4 Å². The first kappa shape index (κ1) is 33.9. The molecule has 1 saturated carbocycles. The van der Waals surface area contributed by atoms with Crippen LogP contribution in [0.4, 0.5) is 5.69 Å². The van der Waals surface area contributed by atoms with E-state index in [0.29, 0.717) is 22.0 Å². The molecule has 0 aliphatic heterocycles. The highest BCUT2D eigenvalue weighted by atomic mass is 35.5. The van der Waals surface area contributed by atoms with E-state index < -0.39 is 28.5 Å². The van der Waals surface area contributed by atoms with Gasteiger partial charge in [-0.15, -0.1) is 0 Å². The highest BCUT2D eigenvalue weighted by Gasteiger charge is 2.36. The minimum atomic E-state index is -4.30. The van der Waals surface area contributed by atoms with Crippen LogP contribution in [0.3, 0.4) is 0 Å². The average Bonchev–Trinajstić information content (AvgIpc) is 3.50. The molecule has 1 fully saturated rings. The van der Waals surface area contributed by atoms with Crippen molar-refractivity contribution in [3.05, 3.63) is 86.9 Å². The molecule has 3 aromatic carbocycles. The van der Waals surface area contributed by atoms with Crippen LogP contribution in [0.1, 0.15) is 50.2 Å². The van der Waals surface area contributed by atoms with Gasteiger partial charge >= 0.3 is 0 Å². The molecule has 44 heavy (non-hydrogen) atoms. The van der Waals surface area contributed by atoms with Crippen LogP contribution < -0.4 is 14.4 Å². The van der Waals surface area contributed by atoms with Crippen molar-refractivity contribution in [1.29, 1.82) is 0 Å². The summed E-state index contributed by atoms with van der Waals surface area (Å²) >= 11 is 18.9. The minimum Gasteiger partial charge on any atom is -0.495 e. The van der Waals surface area contributed by atoms with Crippen molar-refractivity contribution in [2.45, 2.75) is 69.5 Å². The first-order chi connectivity index (χ1) is 20.9. The summed E-state index contributed by atoms with van der Waals surface area (Å²) in [7, 11) is -2.90. The molecule has 0 bridgehead atoms. The number of nitrogens with zero attached hydrogens (tertiary/aromatic N) is 2. The number of sulfonamides is 1. The van der Waals surface area contributed by atoms with E-state index in [0.717, 1.165) is 35.6 Å². The summed E-state index contributed by atoms with van der Waals surface area (Å²) in [6, 6.07) is 14.9. The van der Waals surface area contributed by atoms with Gasteiger partial charge in [0.2, 0.25) is 11.8 Å². The molecule has 1 aliphatic rings. The van der Waals surface area contributed by atoms with Crippen LogP contribution in [-0.2, 0) is 26.2 Å². The summed E-state index contributed by atoms with van der Waals surface area (Å²) in [4.78, 5) is 29.4. The van der Waals surface area contributed by atoms with Crippen LogP contribution in [0.15, 0.2) is 65.6 Å². The predicted molar refractivity (Wildman–Crippen MR) is 175 cm³/mol. The normalized spacial score (nSPS) is 14.2. The van der Waals surface area contributed by atoms with Crippen LogP contribution in [0.25, 0.3) is 0 Å². The average molecular weight is 681 g/mol. The summed E-state index contributed by atoms with van der Waals surface area (Å²) in [5.41, 5.74) is 1.52. The summed E-state index contributed by atoms with van der Waals surface area (Å²) in [5, 5.41) is 4.09. The molecule has 0 saturated heterocycles. The Bertz CT molecular complexity index is 1600. The molecule has 1 atom stereocenters. The number of hydrogen-bond donors (Lipinski definition) is 1. The maximum absolute atomic E-state index is 14.4. The molecule has 0 aromatic heterocycles. The standard InChI is InChI=1S/C32H36Cl3N3O5S/c1-4-28(32(40)36-25-7-5-6-8-25)37(19-22-11-12-23(33)17-27(22)35)31(39)20-38(29-18-24(34)13-16-30(29)43-3)44(41,42)26-14-9-21(2)10-15-26/h9-18,25,28H,4-8,19-20H2,1-3H3,(H,36,40). The number of hydrogen-bond acceptors (Lipinski definition) is 5. The van der Waals surface area contributed by atoms with Gasteiger partial charge in [-0.2, -0.15) is 0 Å². The van der Waals surface area contributed by atoms with Gasteiger partial charge in [0.15, 0.2) is 0 Å². The molecule has 2 amide bonds. The third-order valence-corrected chi connectivity index (χ3v) is 10.3. The molecule has 1 aliphatic carbocycles. The van der Waals surface area contributed by atoms with Gasteiger partial charge in [-0.3, -0.25) is 13.9 Å². The van der Waals surface area contributed by atoms with Crippen molar-refractivity contribution in [1.82, 2.24) is 10.2 Å². The lowest BCUT2D eigenvalue weighted by atomic mass is 10.1. The summed E-state index contributed by atoms with van der Waals surface area (Å²) in [6.07, 6.45) is 4.09. The molecule has 0 heterocycles. The van der Waals surface area contributed by atoms with E-state index in [1.165, 1.54) is 36.3 Å². The Morgan fingerprint density at radius 1 is 0.977 bits per heavy atom. The zero-order valence-electron chi connectivity index (χ0n) is 24.9. The number of benzene rings is 3. The van der Waals surface area contributed by atoms with Crippen LogP contribution in [0.5, 0.6) is 5.75 Å². The van der Waals surface area contributed by atoms with E-state index >= 15 is 0 Å². The number of carbonyl (C=O) groups excluding carboxylic acids is 2. The lowest BCUT2D eigenvalue weighted by Gasteiger charge is -2.34. The van der Waals surface area contributed by atoms with Crippen molar-refractivity contribution in [3.8, 4) is 5.75 Å². The molecule has 0 radical (unpaired) electrons. The van der Waals surface area contributed by atoms with Crippen LogP contribution in [-0.4, -0.2) is 50.9 Å². The molecular formula is C32H36Cl3N3O5S. The Morgan fingerprint density at radius 3 is 2.23 bits per heavy atom. The quantitative estimate of drug-likeness (QED) is 0.222. The number of nitrogens with one attached hydrogen (secondary N) is 1. The van der Waals surface area contributed by atoms with Crippen LogP contribution in [0.2, 0.25) is 15.1 Å². The Morgan fingerprint density at radius 2 is 1.61 bits per heavy atom. The van der Waals surface area contributed by atoms with Gasteiger partial charge < -0.3 is 15.0 Å². The molecule has 0 spiro atoms. The molecule has 8 nitrogen and oxygen atoms in total. The highest BCUT2D eigenvalue weighted by Crippen LogP contribution is 2.35. The third-order valence-electron chi connectivity index (χ3n) is 7.74. The fourth-order valence-electron chi connectivity index (χ4n) is 5.33. The number of halogens is 3. The zero-order chi connectivity index (χ0) is 32.0. The third kappa shape index (κ3) is 7.99. The van der Waals surface area contributed by atoms with Crippen molar-refractivity contribution in [2.75, 3.05) is 18.0 Å². The molecule has 1 N–H and O–H groups in total. The number of methoxy groups -OCH3 is 1. The number of aryl methyl sites for hydroxylation is 1. The maximum atomic E-state index is 14.4. The zero-order valence-corrected chi connectivity index (χ0v) is 27.9. The highest BCUT2D eigenvalue weighted by molar-refractivity contribution is 7.92. The monoisotopic (exact) mass is 679 g/mol. The van der Waals surface area contributed by atoms with E-state index in [-0.39, 0.29) is 39.8 Å². The topological polar surface area (TPSA) is 96.0 Å². The van der Waals surface area contributed by atoms with Crippen molar-refractivity contribution in [2.24, 2.45) is 0 Å². The van der Waals surface area contributed by atoms with E-state index in [4.69, 9.17) is 39.5 Å². The Labute approximate surface area is 274 Å². The van der Waals surface area contributed by atoms with Crippen LogP contribution in [0, 0.1) is 6.92 Å². The molecule has 12 heteroatoms. The number of anilines is 1. The summed E-state index contributed by atoms with van der Waals surface area (Å²) in [6.45, 7) is 2.98. The second kappa shape index (κ2) is 14.9. The second-order valence-electron chi connectivity index (χ2n) is 10.8. The largest absolute Gasteiger partial charge is 0.495 e. The molecule has 1 unspecified atom stereocenters. The number of ether oxygens (including phenoxy) is 1. The molecule has 4 rings (SSSR count). The lowest BCUT2D eigenvalue weighted by molar-refractivity contribution is -0.140. The number of carbonyl (C=O) groups is 2. The fraction of sp³-hybridized carbons (Fsp3) is 0.375. The Kier molecular flexibility index (Phi) is 11.5. The van der Waals surface area contributed by atoms with Gasteiger partial charge in [0, 0.05) is 27.7 Å². The summed E-state index contributed by atoms with van der Waals surface area (Å²) in [5.74, 6) is -0.704. The first-order valence-corrected chi connectivity index (χ1v) is 17.0. The molecule has 3 aromatic rings. The number of amides is 2. The van der Waals surface area contributed by atoms with E-state index in [1.807, 2.05) is 13.8 Å². The lowest BCUT2D eigenvalue weighted by Crippen LogP contribution is -2.53. The molecular weight excluding hydrogens is 645 g/mol. The predicted octanol–water partition coefficient (Wildman–Crippen LogP) is 7.03. The minimum absolute atomic E-state index is 0.0174. The van der Waals surface area contributed by atoms with Gasteiger partial charge in [-0.05, 0) is 74.2 Å². The van der Waals surface area contributed by atoms with Crippen LogP contribution >= 0.6 is 34.8 Å². The van der Waals surface area contributed by atoms with E-state index in [9.17, 15) is 18.0 Å². The smallest absolute Gasteiger partial charge is 0.264 e. The van der Waals surface area contributed by atoms with Gasteiger partial charge in [0.25, 0.3) is 10.0 Å². The summed E-state index contributed by atoms with van der Waals surface area (Å²) < 4.78 is 34.8. The van der Waals surface area contributed by atoms with Gasteiger partial charge in [0.05, 0.1) is 17.7 Å².